The number of halogens is 1. The summed E-state index contributed by atoms with van der Waals surface area (Å²) in [6, 6.07) is 5.09. The predicted molar refractivity (Wildman–Crippen MR) is 108 cm³/mol. The van der Waals surface area contributed by atoms with Crippen LogP contribution in [-0.4, -0.2) is 20.8 Å². The summed E-state index contributed by atoms with van der Waals surface area (Å²) < 4.78 is 16.8. The molecule has 1 aromatic heterocycles. The number of aromatic nitrogens is 2. The topological polar surface area (TPSA) is 38.1 Å². The van der Waals surface area contributed by atoms with E-state index in [-0.39, 0.29) is 17.3 Å². The first-order valence-corrected chi connectivity index (χ1v) is 10.9. The van der Waals surface area contributed by atoms with Gasteiger partial charge in [0, 0.05) is 11.1 Å². The first-order chi connectivity index (χ1) is 13.4. The van der Waals surface area contributed by atoms with Crippen LogP contribution in [0, 0.1) is 34.9 Å². The van der Waals surface area contributed by atoms with Crippen LogP contribution in [0.15, 0.2) is 30.7 Å². The molecule has 0 radical (unpaired) electrons. The molecule has 0 saturated heterocycles. The summed E-state index contributed by atoms with van der Waals surface area (Å²) in [5.74, 6) is 2.77. The van der Waals surface area contributed by atoms with E-state index in [1.165, 1.54) is 18.9 Å². The Labute approximate surface area is 167 Å². The van der Waals surface area contributed by atoms with Crippen LogP contribution in [0.2, 0.25) is 0 Å². The SMILES string of the molecule is CC1CC2CC(CC(C)(C(O)CC3c4c(F)cccc4-c4cncn43)C2)C1C. The van der Waals surface area contributed by atoms with Crippen molar-refractivity contribution in [3.05, 3.63) is 42.1 Å². The van der Waals surface area contributed by atoms with E-state index < -0.39 is 6.10 Å². The van der Waals surface area contributed by atoms with Gasteiger partial charge in [0.15, 0.2) is 0 Å². The van der Waals surface area contributed by atoms with E-state index in [9.17, 15) is 9.50 Å². The van der Waals surface area contributed by atoms with Crippen LogP contribution < -0.4 is 0 Å². The van der Waals surface area contributed by atoms with Crippen molar-refractivity contribution in [2.24, 2.45) is 29.1 Å². The highest BCUT2D eigenvalue weighted by Crippen LogP contribution is 2.55. The van der Waals surface area contributed by atoms with Crippen LogP contribution in [0.25, 0.3) is 11.3 Å². The quantitative estimate of drug-likeness (QED) is 0.767. The van der Waals surface area contributed by atoms with Gasteiger partial charge in [0.2, 0.25) is 0 Å². The summed E-state index contributed by atoms with van der Waals surface area (Å²) >= 11 is 0. The van der Waals surface area contributed by atoms with Crippen molar-refractivity contribution < 1.29 is 9.50 Å². The zero-order valence-electron chi connectivity index (χ0n) is 17.1. The lowest BCUT2D eigenvalue weighted by atomic mass is 9.54. The second-order valence-electron chi connectivity index (χ2n) is 10.2. The zero-order chi connectivity index (χ0) is 19.6. The van der Waals surface area contributed by atoms with E-state index in [2.05, 4.69) is 30.3 Å². The Bertz CT molecular complexity index is 890. The maximum Gasteiger partial charge on any atom is 0.129 e. The van der Waals surface area contributed by atoms with Crippen molar-refractivity contribution in [1.82, 2.24) is 9.55 Å². The van der Waals surface area contributed by atoms with Crippen molar-refractivity contribution in [1.29, 1.82) is 0 Å². The zero-order valence-corrected chi connectivity index (χ0v) is 17.1. The number of rotatable bonds is 3. The Hall–Kier alpha value is -1.68. The average Bonchev–Trinajstić information content (AvgIpc) is 3.23. The minimum Gasteiger partial charge on any atom is -0.392 e. The van der Waals surface area contributed by atoms with Crippen molar-refractivity contribution in [3.8, 4) is 11.3 Å². The number of hydrogen-bond acceptors (Lipinski definition) is 2. The first-order valence-electron chi connectivity index (χ1n) is 10.9. The van der Waals surface area contributed by atoms with Crippen LogP contribution in [0.4, 0.5) is 4.39 Å². The maximum atomic E-state index is 14.7. The molecule has 150 valence electrons. The van der Waals surface area contributed by atoms with Crippen LogP contribution in [0.5, 0.6) is 0 Å². The molecule has 2 aliphatic carbocycles. The van der Waals surface area contributed by atoms with E-state index in [0.717, 1.165) is 47.4 Å². The summed E-state index contributed by atoms with van der Waals surface area (Å²) in [5.41, 5.74) is 2.51. The standard InChI is InChI=1S/C24H31FN2O/c1-14-7-16-8-17(15(14)2)11-24(3,10-16)22(28)9-20-23-18(5-4-6-19(23)25)21-12-26-13-27(20)21/h4-6,12-17,20,22,28H,7-11H2,1-3H3. The van der Waals surface area contributed by atoms with Gasteiger partial charge in [-0.25, -0.2) is 9.37 Å². The number of benzene rings is 1. The first kappa shape index (κ1) is 18.4. The number of fused-ring (bicyclic) bond motifs is 5. The number of nitrogens with zero attached hydrogens (tertiary/aromatic N) is 2. The van der Waals surface area contributed by atoms with Crippen LogP contribution >= 0.6 is 0 Å². The lowest BCUT2D eigenvalue weighted by Crippen LogP contribution is -2.46. The molecule has 0 amide bonds. The molecule has 7 unspecified atom stereocenters. The number of aliphatic hydroxyl groups is 1. The lowest BCUT2D eigenvalue weighted by Gasteiger charge is -2.52. The van der Waals surface area contributed by atoms with Crippen molar-refractivity contribution in [2.45, 2.75) is 65.0 Å². The van der Waals surface area contributed by atoms with E-state index in [0.29, 0.717) is 12.3 Å². The third-order valence-electron chi connectivity index (χ3n) is 8.38. The predicted octanol–water partition coefficient (Wildman–Crippen LogP) is 5.44. The molecule has 1 aliphatic heterocycles. The molecule has 5 rings (SSSR count). The fraction of sp³-hybridized carbons (Fsp3) is 0.625. The molecule has 2 saturated carbocycles. The molecule has 4 heteroatoms. The molecule has 2 heterocycles. The third kappa shape index (κ3) is 2.67. The van der Waals surface area contributed by atoms with E-state index >= 15 is 0 Å². The minimum atomic E-state index is -0.441. The van der Waals surface area contributed by atoms with Crippen molar-refractivity contribution in [3.63, 3.8) is 0 Å². The van der Waals surface area contributed by atoms with Crippen LogP contribution in [0.1, 0.15) is 64.5 Å². The Morgan fingerprint density at radius 3 is 2.93 bits per heavy atom. The molecule has 2 bridgehead atoms. The molecular formula is C24H31FN2O. The highest BCUT2D eigenvalue weighted by Gasteiger charge is 2.48. The molecule has 7 atom stereocenters. The maximum absolute atomic E-state index is 14.7. The Morgan fingerprint density at radius 2 is 2.11 bits per heavy atom. The Balaban J connectivity index is 1.43. The normalized spacial score (nSPS) is 37.4. The smallest absolute Gasteiger partial charge is 0.129 e. The van der Waals surface area contributed by atoms with Gasteiger partial charge < -0.3 is 9.67 Å². The summed E-state index contributed by atoms with van der Waals surface area (Å²) in [6.07, 6.45) is 8.49. The highest BCUT2D eigenvalue weighted by molar-refractivity contribution is 5.69. The van der Waals surface area contributed by atoms with Gasteiger partial charge in [-0.05, 0) is 67.3 Å². The Kier molecular flexibility index (Phi) is 4.20. The van der Waals surface area contributed by atoms with Gasteiger partial charge in [0.25, 0.3) is 0 Å². The van der Waals surface area contributed by atoms with Gasteiger partial charge in [0.1, 0.15) is 5.82 Å². The van der Waals surface area contributed by atoms with Crippen LogP contribution in [-0.2, 0) is 0 Å². The molecule has 28 heavy (non-hydrogen) atoms. The fourth-order valence-corrected chi connectivity index (χ4v) is 6.72. The van der Waals surface area contributed by atoms with E-state index in [1.807, 2.05) is 6.07 Å². The number of imidazole rings is 1. The molecular weight excluding hydrogens is 351 g/mol. The molecule has 3 aliphatic rings. The van der Waals surface area contributed by atoms with Crippen molar-refractivity contribution in [2.75, 3.05) is 0 Å². The Morgan fingerprint density at radius 1 is 1.29 bits per heavy atom. The lowest BCUT2D eigenvalue weighted by molar-refractivity contribution is -0.0692. The summed E-state index contributed by atoms with van der Waals surface area (Å²) in [6.45, 7) is 7.05. The molecule has 1 N–H and O–H groups in total. The van der Waals surface area contributed by atoms with Gasteiger partial charge in [0.05, 0.1) is 30.4 Å². The molecule has 3 nitrogen and oxygen atoms in total. The van der Waals surface area contributed by atoms with Gasteiger partial charge in [-0.1, -0.05) is 32.9 Å². The van der Waals surface area contributed by atoms with E-state index in [4.69, 9.17) is 0 Å². The number of hydrogen-bond donors (Lipinski definition) is 1. The largest absolute Gasteiger partial charge is 0.392 e. The van der Waals surface area contributed by atoms with Gasteiger partial charge in [-0.15, -0.1) is 0 Å². The minimum absolute atomic E-state index is 0.0866. The summed E-state index contributed by atoms with van der Waals surface area (Å²) in [7, 11) is 0. The highest BCUT2D eigenvalue weighted by atomic mass is 19.1. The van der Waals surface area contributed by atoms with Crippen molar-refractivity contribution >= 4 is 0 Å². The van der Waals surface area contributed by atoms with Gasteiger partial charge >= 0.3 is 0 Å². The molecule has 0 spiro atoms. The molecule has 1 aromatic carbocycles. The van der Waals surface area contributed by atoms with E-state index in [1.54, 1.807) is 18.6 Å². The average molecular weight is 383 g/mol. The number of aliphatic hydroxyl groups excluding tert-OH is 1. The summed E-state index contributed by atoms with van der Waals surface area (Å²) in [4.78, 5) is 4.28. The molecule has 2 aromatic rings. The fourth-order valence-electron chi connectivity index (χ4n) is 6.72. The second kappa shape index (κ2) is 6.41. The second-order valence-corrected chi connectivity index (χ2v) is 10.2. The third-order valence-corrected chi connectivity index (χ3v) is 8.38. The monoisotopic (exact) mass is 382 g/mol. The molecule has 2 fully saturated rings. The van der Waals surface area contributed by atoms with Gasteiger partial charge in [-0.3, -0.25) is 0 Å². The van der Waals surface area contributed by atoms with Crippen LogP contribution in [0.3, 0.4) is 0 Å². The summed E-state index contributed by atoms with van der Waals surface area (Å²) in [5, 5.41) is 11.4. The van der Waals surface area contributed by atoms with Gasteiger partial charge in [-0.2, -0.15) is 0 Å².